The van der Waals surface area contributed by atoms with Gasteiger partial charge in [0.15, 0.2) is 0 Å². The van der Waals surface area contributed by atoms with Gasteiger partial charge < -0.3 is 15.5 Å². The number of carbonyl (C=O) groups is 2. The Hall–Kier alpha value is -2.82. The van der Waals surface area contributed by atoms with Crippen LogP contribution in [0.4, 0.5) is 11.4 Å². The molecule has 0 aliphatic heterocycles. The van der Waals surface area contributed by atoms with Gasteiger partial charge in [-0.1, -0.05) is 30.3 Å². The van der Waals surface area contributed by atoms with Crippen LogP contribution in [-0.4, -0.2) is 24.9 Å². The minimum atomic E-state index is -0.318. The normalized spacial score (nSPS) is 10.2. The van der Waals surface area contributed by atoms with Crippen molar-refractivity contribution in [2.45, 2.75) is 26.8 Å². The molecule has 0 saturated carbocycles. The van der Waals surface area contributed by atoms with E-state index >= 15 is 0 Å². The maximum Gasteiger partial charge on any atom is 0.233 e. The molecule has 2 N–H and O–H groups in total. The van der Waals surface area contributed by atoms with Crippen LogP contribution in [0.25, 0.3) is 0 Å². The van der Waals surface area contributed by atoms with Crippen LogP contribution in [0.3, 0.4) is 0 Å². The van der Waals surface area contributed by atoms with E-state index in [2.05, 4.69) is 29.4 Å². The molecule has 0 bridgehead atoms. The van der Waals surface area contributed by atoms with E-state index in [1.807, 2.05) is 54.6 Å². The Bertz CT molecular complexity index is 680. The average Bonchev–Trinajstić information content (AvgIpc) is 2.63. The van der Waals surface area contributed by atoms with Gasteiger partial charge in [-0.2, -0.15) is 0 Å². The van der Waals surface area contributed by atoms with Gasteiger partial charge in [0, 0.05) is 31.0 Å². The van der Waals surface area contributed by atoms with E-state index in [-0.39, 0.29) is 18.2 Å². The third-order valence-corrected chi connectivity index (χ3v) is 3.93. The highest BCUT2D eigenvalue weighted by Gasteiger charge is 2.10. The number of carbonyl (C=O) groups excluding carboxylic acids is 2. The highest BCUT2D eigenvalue weighted by Crippen LogP contribution is 2.17. The van der Waals surface area contributed by atoms with Crippen LogP contribution in [0, 0.1) is 0 Å². The molecular weight excluding hydrogens is 314 g/mol. The van der Waals surface area contributed by atoms with E-state index < -0.39 is 0 Å². The van der Waals surface area contributed by atoms with Crippen molar-refractivity contribution in [3.8, 4) is 0 Å². The Kier molecular flexibility index (Phi) is 7.01. The summed E-state index contributed by atoms with van der Waals surface area (Å²) in [6.45, 7) is 6.50. The number of hydrogen-bond donors (Lipinski definition) is 2. The molecule has 0 atom stereocenters. The van der Waals surface area contributed by atoms with Crippen LogP contribution >= 0.6 is 0 Å². The first-order valence-electron chi connectivity index (χ1n) is 8.57. The molecule has 25 heavy (non-hydrogen) atoms. The topological polar surface area (TPSA) is 61.4 Å². The van der Waals surface area contributed by atoms with Crippen LogP contribution in [-0.2, 0) is 16.1 Å². The van der Waals surface area contributed by atoms with Gasteiger partial charge in [0.2, 0.25) is 11.8 Å². The van der Waals surface area contributed by atoms with Gasteiger partial charge in [0.25, 0.3) is 0 Å². The van der Waals surface area contributed by atoms with Gasteiger partial charge in [-0.3, -0.25) is 9.59 Å². The molecule has 0 heterocycles. The summed E-state index contributed by atoms with van der Waals surface area (Å²) in [5.41, 5.74) is 2.81. The zero-order chi connectivity index (χ0) is 18.1. The first-order chi connectivity index (χ1) is 12.1. The average molecular weight is 339 g/mol. The van der Waals surface area contributed by atoms with Crippen LogP contribution in [0.2, 0.25) is 0 Å². The van der Waals surface area contributed by atoms with Gasteiger partial charge in [-0.15, -0.1) is 0 Å². The lowest BCUT2D eigenvalue weighted by atomic mass is 10.2. The maximum atomic E-state index is 12.0. The number of benzene rings is 2. The molecule has 0 aliphatic rings. The minimum absolute atomic E-state index is 0.190. The lowest BCUT2D eigenvalue weighted by molar-refractivity contribution is -0.126. The molecular formula is C20H25N3O2. The van der Waals surface area contributed by atoms with Gasteiger partial charge in [0.05, 0.1) is 0 Å². The number of nitrogens with zero attached hydrogens (tertiary/aromatic N) is 1. The van der Waals surface area contributed by atoms with E-state index in [1.165, 1.54) is 0 Å². The molecule has 0 saturated heterocycles. The van der Waals surface area contributed by atoms with Crippen LogP contribution in [0.1, 0.15) is 25.8 Å². The second kappa shape index (κ2) is 9.47. The third kappa shape index (κ3) is 5.95. The predicted molar refractivity (Wildman–Crippen MR) is 102 cm³/mol. The second-order valence-electron chi connectivity index (χ2n) is 5.71. The Morgan fingerprint density at radius 2 is 1.52 bits per heavy atom. The Balaban J connectivity index is 1.80. The fourth-order valence-electron chi connectivity index (χ4n) is 2.55. The third-order valence-electron chi connectivity index (χ3n) is 3.93. The van der Waals surface area contributed by atoms with Crippen LogP contribution < -0.4 is 15.5 Å². The van der Waals surface area contributed by atoms with E-state index in [0.29, 0.717) is 12.2 Å². The summed E-state index contributed by atoms with van der Waals surface area (Å²) in [7, 11) is 0. The van der Waals surface area contributed by atoms with Gasteiger partial charge in [-0.05, 0) is 43.7 Å². The van der Waals surface area contributed by atoms with E-state index in [1.54, 1.807) is 0 Å². The van der Waals surface area contributed by atoms with Crippen molar-refractivity contribution in [1.82, 2.24) is 5.32 Å². The molecule has 2 rings (SSSR count). The van der Waals surface area contributed by atoms with Crippen molar-refractivity contribution in [2.75, 3.05) is 23.3 Å². The first-order valence-corrected chi connectivity index (χ1v) is 8.57. The molecule has 0 fully saturated rings. The van der Waals surface area contributed by atoms with Gasteiger partial charge in [-0.25, -0.2) is 0 Å². The number of hydrogen-bond acceptors (Lipinski definition) is 3. The molecule has 5 heteroatoms. The molecule has 2 aromatic rings. The standard InChI is InChI=1S/C20H25N3O2/c1-3-23(4-2)18-12-10-17(11-13-18)22-20(25)14-19(24)21-15-16-8-6-5-7-9-16/h5-13H,3-4,14-15H2,1-2H3,(H,21,24)(H,22,25). The summed E-state index contributed by atoms with van der Waals surface area (Å²) in [5.74, 6) is -0.609. The maximum absolute atomic E-state index is 12.0. The summed E-state index contributed by atoms with van der Waals surface area (Å²) < 4.78 is 0. The highest BCUT2D eigenvalue weighted by atomic mass is 16.2. The Labute approximate surface area is 149 Å². The first kappa shape index (κ1) is 18.5. The van der Waals surface area contributed by atoms with Crippen molar-refractivity contribution >= 4 is 23.2 Å². The lowest BCUT2D eigenvalue weighted by Gasteiger charge is -2.21. The summed E-state index contributed by atoms with van der Waals surface area (Å²) >= 11 is 0. The van der Waals surface area contributed by atoms with Crippen molar-refractivity contribution in [2.24, 2.45) is 0 Å². The minimum Gasteiger partial charge on any atom is -0.372 e. The van der Waals surface area contributed by atoms with E-state index in [9.17, 15) is 9.59 Å². The Morgan fingerprint density at radius 1 is 0.880 bits per heavy atom. The zero-order valence-electron chi connectivity index (χ0n) is 14.8. The SMILES string of the molecule is CCN(CC)c1ccc(NC(=O)CC(=O)NCc2ccccc2)cc1. The summed E-state index contributed by atoms with van der Waals surface area (Å²) in [4.78, 5) is 26.1. The van der Waals surface area contributed by atoms with E-state index in [4.69, 9.17) is 0 Å². The molecule has 2 aromatic carbocycles. The monoisotopic (exact) mass is 339 g/mol. The van der Waals surface area contributed by atoms with Gasteiger partial charge in [0.1, 0.15) is 6.42 Å². The summed E-state index contributed by atoms with van der Waals surface area (Å²) in [6.07, 6.45) is -0.190. The smallest absolute Gasteiger partial charge is 0.233 e. The molecule has 2 amide bonds. The van der Waals surface area contributed by atoms with Crippen LogP contribution in [0.5, 0.6) is 0 Å². The summed E-state index contributed by atoms with van der Waals surface area (Å²) in [6, 6.07) is 17.3. The number of anilines is 2. The fraction of sp³-hybridized carbons (Fsp3) is 0.300. The van der Waals surface area contributed by atoms with Crippen molar-refractivity contribution in [1.29, 1.82) is 0 Å². The second-order valence-corrected chi connectivity index (χ2v) is 5.71. The Morgan fingerprint density at radius 3 is 2.12 bits per heavy atom. The van der Waals surface area contributed by atoms with Crippen molar-refractivity contribution in [3.05, 3.63) is 60.2 Å². The predicted octanol–water partition coefficient (Wildman–Crippen LogP) is 3.18. The largest absolute Gasteiger partial charge is 0.372 e. The van der Waals surface area contributed by atoms with Crippen molar-refractivity contribution in [3.63, 3.8) is 0 Å². The summed E-state index contributed by atoms with van der Waals surface area (Å²) in [5, 5.41) is 5.50. The number of rotatable bonds is 8. The number of nitrogens with one attached hydrogen (secondary N) is 2. The molecule has 5 nitrogen and oxygen atoms in total. The van der Waals surface area contributed by atoms with E-state index in [0.717, 1.165) is 24.3 Å². The quantitative estimate of drug-likeness (QED) is 0.726. The van der Waals surface area contributed by atoms with Crippen LogP contribution in [0.15, 0.2) is 54.6 Å². The zero-order valence-corrected chi connectivity index (χ0v) is 14.8. The van der Waals surface area contributed by atoms with Crippen molar-refractivity contribution < 1.29 is 9.59 Å². The molecule has 0 spiro atoms. The fourth-order valence-corrected chi connectivity index (χ4v) is 2.55. The lowest BCUT2D eigenvalue weighted by Crippen LogP contribution is -2.27. The number of amides is 2. The molecule has 0 radical (unpaired) electrons. The molecule has 132 valence electrons. The molecule has 0 unspecified atom stereocenters. The van der Waals surface area contributed by atoms with Gasteiger partial charge >= 0.3 is 0 Å². The molecule has 0 aliphatic carbocycles. The molecule has 0 aromatic heterocycles. The highest BCUT2D eigenvalue weighted by molar-refractivity contribution is 6.03.